The van der Waals surface area contributed by atoms with Crippen molar-refractivity contribution in [2.75, 3.05) is 5.73 Å². The molecule has 3 amide bonds. The molecule has 0 fully saturated rings. The van der Waals surface area contributed by atoms with Gasteiger partial charge in [-0.1, -0.05) is 66.7 Å². The molecule has 1 aromatic heterocycles. The molecule has 210 valence electrons. The van der Waals surface area contributed by atoms with E-state index in [1.165, 1.54) is 12.1 Å². The second kappa shape index (κ2) is 13.7. The zero-order valence-corrected chi connectivity index (χ0v) is 22.5. The van der Waals surface area contributed by atoms with Crippen molar-refractivity contribution < 1.29 is 19.5 Å². The number of nitrogens with two attached hydrogens (primary N) is 2. The lowest BCUT2D eigenvalue weighted by Gasteiger charge is -2.23. The fourth-order valence-corrected chi connectivity index (χ4v) is 4.58. The number of hydrogen-bond acceptors (Lipinski definition) is 6. The first-order chi connectivity index (χ1) is 19.8. The van der Waals surface area contributed by atoms with Crippen LogP contribution in [0.15, 0.2) is 97.2 Å². The number of nitrogens with zero attached hydrogens (tertiary/aromatic N) is 1. The number of aryl methyl sites for hydroxylation is 1. The smallest absolute Gasteiger partial charge is 0.242 e. The third kappa shape index (κ3) is 8.40. The number of anilines is 1. The minimum Gasteiger partial charge on any atom is -0.508 e. The molecule has 41 heavy (non-hydrogen) atoms. The number of benzene rings is 3. The summed E-state index contributed by atoms with van der Waals surface area (Å²) in [7, 11) is 0. The number of phenolic OH excluding ortho intramolecular Hbond substituents is 1. The maximum absolute atomic E-state index is 13.8. The van der Waals surface area contributed by atoms with Gasteiger partial charge in [0.05, 0.1) is 12.3 Å². The van der Waals surface area contributed by atoms with Crippen molar-refractivity contribution in [3.05, 3.63) is 125 Å². The molecule has 0 aliphatic carbocycles. The van der Waals surface area contributed by atoms with Crippen LogP contribution in [-0.4, -0.2) is 33.9 Å². The van der Waals surface area contributed by atoms with Gasteiger partial charge in [0.25, 0.3) is 0 Å². The lowest BCUT2D eigenvalue weighted by Crippen LogP contribution is -2.48. The Labute approximate surface area is 238 Å². The number of carbonyl (C=O) groups is 3. The highest BCUT2D eigenvalue weighted by molar-refractivity contribution is 5.92. The summed E-state index contributed by atoms with van der Waals surface area (Å²) >= 11 is 0. The van der Waals surface area contributed by atoms with E-state index in [4.69, 9.17) is 11.5 Å². The molecule has 4 aromatic rings. The Balaban J connectivity index is 1.53. The molecule has 7 N–H and O–H groups in total. The van der Waals surface area contributed by atoms with Crippen molar-refractivity contribution in [1.82, 2.24) is 15.6 Å². The summed E-state index contributed by atoms with van der Waals surface area (Å²) in [5.74, 6) is -1.31. The largest absolute Gasteiger partial charge is 0.508 e. The summed E-state index contributed by atoms with van der Waals surface area (Å²) in [6.07, 6.45) is 2.57. The number of aromatic nitrogens is 1. The van der Waals surface area contributed by atoms with Gasteiger partial charge < -0.3 is 27.2 Å². The Morgan fingerprint density at radius 1 is 0.805 bits per heavy atom. The second-order valence-corrected chi connectivity index (χ2v) is 9.80. The third-order valence-electron chi connectivity index (χ3n) is 6.69. The van der Waals surface area contributed by atoms with E-state index >= 15 is 0 Å². The lowest BCUT2D eigenvalue weighted by atomic mass is 9.90. The highest BCUT2D eigenvalue weighted by Gasteiger charge is 2.28. The molecule has 0 saturated carbocycles. The quantitative estimate of drug-likeness (QED) is 0.182. The summed E-state index contributed by atoms with van der Waals surface area (Å²) in [6, 6.07) is 25.7. The number of carbonyl (C=O) groups excluding carboxylic acids is 3. The number of rotatable bonds is 12. The van der Waals surface area contributed by atoms with Crippen LogP contribution in [0, 0.1) is 0 Å². The molecular formula is C32H33N5O4. The number of primary amides is 1. The highest BCUT2D eigenvalue weighted by atomic mass is 16.3. The maximum atomic E-state index is 13.8. The van der Waals surface area contributed by atoms with E-state index in [1.54, 1.807) is 36.5 Å². The minimum atomic E-state index is -0.839. The van der Waals surface area contributed by atoms with Crippen molar-refractivity contribution in [2.24, 2.45) is 5.73 Å². The van der Waals surface area contributed by atoms with Crippen LogP contribution in [-0.2, 0) is 33.8 Å². The summed E-state index contributed by atoms with van der Waals surface area (Å²) in [5, 5.41) is 15.7. The maximum Gasteiger partial charge on any atom is 0.242 e. The van der Waals surface area contributed by atoms with E-state index in [2.05, 4.69) is 15.6 Å². The molecule has 0 radical (unpaired) electrons. The average molecular weight is 552 g/mol. The Morgan fingerprint density at radius 2 is 1.46 bits per heavy atom. The van der Waals surface area contributed by atoms with E-state index < -0.39 is 17.9 Å². The predicted octanol–water partition coefficient (Wildman–Crippen LogP) is 2.96. The van der Waals surface area contributed by atoms with Crippen molar-refractivity contribution in [3.8, 4) is 5.75 Å². The predicted molar refractivity (Wildman–Crippen MR) is 156 cm³/mol. The number of phenols is 1. The molecule has 2 unspecified atom stereocenters. The van der Waals surface area contributed by atoms with Gasteiger partial charge in [-0.2, -0.15) is 0 Å². The van der Waals surface area contributed by atoms with Crippen LogP contribution in [0.2, 0.25) is 0 Å². The first-order valence-corrected chi connectivity index (χ1v) is 13.3. The van der Waals surface area contributed by atoms with Gasteiger partial charge in [0.1, 0.15) is 17.6 Å². The third-order valence-corrected chi connectivity index (χ3v) is 6.69. The molecular weight excluding hydrogens is 518 g/mol. The highest BCUT2D eigenvalue weighted by Crippen LogP contribution is 2.27. The molecule has 4 rings (SSSR count). The number of amides is 3. The summed E-state index contributed by atoms with van der Waals surface area (Å²) in [6.45, 7) is 0.240. The van der Waals surface area contributed by atoms with Crippen LogP contribution in [0.1, 0.15) is 40.2 Å². The topological polar surface area (TPSA) is 160 Å². The molecule has 9 heteroatoms. The van der Waals surface area contributed by atoms with Crippen LogP contribution in [0.3, 0.4) is 0 Å². The van der Waals surface area contributed by atoms with E-state index in [-0.39, 0.29) is 30.5 Å². The number of nitrogens with one attached hydrogen (secondary N) is 2. The minimum absolute atomic E-state index is 0.0949. The van der Waals surface area contributed by atoms with E-state index in [1.807, 2.05) is 48.5 Å². The fourth-order valence-electron chi connectivity index (χ4n) is 4.58. The van der Waals surface area contributed by atoms with Gasteiger partial charge in [-0.15, -0.1) is 0 Å². The zero-order valence-electron chi connectivity index (χ0n) is 22.5. The van der Waals surface area contributed by atoms with Gasteiger partial charge in [0.2, 0.25) is 17.7 Å². The lowest BCUT2D eigenvalue weighted by molar-refractivity contribution is -0.129. The second-order valence-electron chi connectivity index (χ2n) is 9.80. The first kappa shape index (κ1) is 28.8. The molecule has 0 spiro atoms. The van der Waals surface area contributed by atoms with Gasteiger partial charge in [0.15, 0.2) is 0 Å². The van der Waals surface area contributed by atoms with Crippen molar-refractivity contribution in [2.45, 2.75) is 37.8 Å². The van der Waals surface area contributed by atoms with Crippen LogP contribution >= 0.6 is 0 Å². The molecule has 0 bridgehead atoms. The monoisotopic (exact) mass is 551 g/mol. The average Bonchev–Trinajstić information content (AvgIpc) is 2.96. The van der Waals surface area contributed by atoms with Crippen LogP contribution in [0.5, 0.6) is 5.75 Å². The summed E-state index contributed by atoms with van der Waals surface area (Å²) in [4.78, 5) is 42.4. The van der Waals surface area contributed by atoms with Crippen molar-refractivity contribution >= 4 is 23.5 Å². The van der Waals surface area contributed by atoms with Gasteiger partial charge >= 0.3 is 0 Å². The van der Waals surface area contributed by atoms with Crippen LogP contribution in [0.25, 0.3) is 0 Å². The number of hydrogen-bond donors (Lipinski definition) is 5. The molecule has 0 saturated heterocycles. The molecule has 2 atom stereocenters. The Hall–Kier alpha value is -5.18. The molecule has 3 aromatic carbocycles. The molecule has 0 aliphatic heterocycles. The number of nitrogen functional groups attached to an aromatic ring is 1. The van der Waals surface area contributed by atoms with Crippen molar-refractivity contribution in [1.29, 1.82) is 0 Å². The normalized spacial score (nSPS) is 12.2. The summed E-state index contributed by atoms with van der Waals surface area (Å²) < 4.78 is 0. The van der Waals surface area contributed by atoms with Gasteiger partial charge in [-0.3, -0.25) is 14.4 Å². The molecule has 9 nitrogen and oxygen atoms in total. The first-order valence-electron chi connectivity index (χ1n) is 13.3. The van der Waals surface area contributed by atoms with Crippen LogP contribution in [0.4, 0.5) is 5.82 Å². The standard InChI is InChI=1S/C32H33N5O4/c33-28-18-22(16-17-35-28)10-15-27(31(40)36-20-23-8-6-21(7-9-23)19-29(34)39)37-32(41)30(24-4-2-1-3-5-24)25-11-13-26(38)14-12-25/h1-9,11-14,16-18,27,30,38H,10,15,19-20H2,(H2,33,35)(H2,34,39)(H,36,40)(H,37,41). The van der Waals surface area contributed by atoms with Crippen molar-refractivity contribution in [3.63, 3.8) is 0 Å². The van der Waals surface area contributed by atoms with Gasteiger partial charge in [-0.25, -0.2) is 4.98 Å². The van der Waals surface area contributed by atoms with Crippen LogP contribution < -0.4 is 22.1 Å². The number of pyridine rings is 1. The summed E-state index contributed by atoms with van der Waals surface area (Å²) in [5.41, 5.74) is 15.1. The Morgan fingerprint density at radius 3 is 2.12 bits per heavy atom. The molecule has 0 aliphatic rings. The zero-order chi connectivity index (χ0) is 29.2. The Bertz CT molecular complexity index is 1470. The van der Waals surface area contributed by atoms with E-state index in [0.29, 0.717) is 24.2 Å². The molecule has 1 heterocycles. The van der Waals surface area contributed by atoms with E-state index in [0.717, 1.165) is 22.3 Å². The Kier molecular flexibility index (Phi) is 9.66. The SMILES string of the molecule is NC(=O)Cc1ccc(CNC(=O)C(CCc2ccnc(N)c2)NC(=O)C(c2ccccc2)c2ccc(O)cc2)cc1. The van der Waals surface area contributed by atoms with Gasteiger partial charge in [-0.05, 0) is 64.9 Å². The van der Waals surface area contributed by atoms with E-state index in [9.17, 15) is 19.5 Å². The van der Waals surface area contributed by atoms with Gasteiger partial charge in [0, 0.05) is 12.7 Å². The number of aromatic hydroxyl groups is 1. The fraction of sp³-hybridized carbons (Fsp3) is 0.188.